The van der Waals surface area contributed by atoms with Gasteiger partial charge in [0.2, 0.25) is 0 Å². The quantitative estimate of drug-likeness (QED) is 0.703. The standard InChI is InChI=1S/C9H12ClN5O3S/c1-18-6-5-15-8(7-14-4-2-3-11-14)12-13-9(15)19(10,16)17/h2-4H,5-7H2,1H3. The minimum absolute atomic E-state index is 0.284. The number of ether oxygens (including phenoxy) is 1. The van der Waals surface area contributed by atoms with Crippen LogP contribution in [0, 0.1) is 0 Å². The number of aromatic nitrogens is 5. The van der Waals surface area contributed by atoms with Gasteiger partial charge in [-0.3, -0.25) is 9.25 Å². The summed E-state index contributed by atoms with van der Waals surface area (Å²) in [6.07, 6.45) is 3.36. The minimum Gasteiger partial charge on any atom is -0.383 e. The fourth-order valence-electron chi connectivity index (χ4n) is 1.56. The van der Waals surface area contributed by atoms with Crippen LogP contribution in [0.4, 0.5) is 0 Å². The lowest BCUT2D eigenvalue weighted by Gasteiger charge is -2.08. The van der Waals surface area contributed by atoms with Gasteiger partial charge in [-0.15, -0.1) is 10.2 Å². The zero-order valence-corrected chi connectivity index (χ0v) is 11.7. The molecule has 2 heterocycles. The van der Waals surface area contributed by atoms with Crippen LogP contribution in [0.15, 0.2) is 23.6 Å². The van der Waals surface area contributed by atoms with E-state index in [4.69, 9.17) is 15.4 Å². The normalized spacial score (nSPS) is 11.9. The first-order valence-electron chi connectivity index (χ1n) is 5.35. The molecule has 0 radical (unpaired) electrons. The lowest BCUT2D eigenvalue weighted by atomic mass is 10.5. The molecule has 2 rings (SSSR count). The topological polar surface area (TPSA) is 91.9 Å². The molecule has 0 spiro atoms. The van der Waals surface area contributed by atoms with Gasteiger partial charge in [-0.2, -0.15) is 5.10 Å². The Labute approximate surface area is 114 Å². The van der Waals surface area contributed by atoms with Crippen molar-refractivity contribution in [1.82, 2.24) is 24.5 Å². The second-order valence-corrected chi connectivity index (χ2v) is 6.14. The van der Waals surface area contributed by atoms with Gasteiger partial charge in [-0.1, -0.05) is 0 Å². The Kier molecular flexibility index (Phi) is 4.17. The molecule has 2 aromatic rings. The molecule has 0 aliphatic carbocycles. The Morgan fingerprint density at radius 3 is 2.79 bits per heavy atom. The van der Waals surface area contributed by atoms with Gasteiger partial charge in [0.1, 0.15) is 6.54 Å². The van der Waals surface area contributed by atoms with Crippen molar-refractivity contribution in [2.45, 2.75) is 18.2 Å². The van der Waals surface area contributed by atoms with E-state index in [0.717, 1.165) is 0 Å². The van der Waals surface area contributed by atoms with Crippen LogP contribution < -0.4 is 0 Å². The predicted octanol–water partition coefficient (Wildman–Crippen LogP) is 0.0968. The van der Waals surface area contributed by atoms with Gasteiger partial charge in [0, 0.05) is 30.2 Å². The van der Waals surface area contributed by atoms with Crippen molar-refractivity contribution in [2.75, 3.05) is 13.7 Å². The predicted molar refractivity (Wildman–Crippen MR) is 66.3 cm³/mol. The fraction of sp³-hybridized carbons (Fsp3) is 0.444. The number of halogens is 1. The summed E-state index contributed by atoms with van der Waals surface area (Å²) in [5.74, 6) is 0.444. The molecule has 10 heteroatoms. The summed E-state index contributed by atoms with van der Waals surface area (Å²) in [7, 11) is 2.90. The molecule has 0 unspecified atom stereocenters. The number of hydrogen-bond donors (Lipinski definition) is 0. The third-order valence-electron chi connectivity index (χ3n) is 2.39. The molecule has 0 saturated heterocycles. The Bertz CT molecular complexity index is 637. The zero-order valence-electron chi connectivity index (χ0n) is 10.1. The molecule has 0 N–H and O–H groups in total. The first-order chi connectivity index (χ1) is 9.02. The van der Waals surface area contributed by atoms with Crippen molar-refractivity contribution in [3.05, 3.63) is 24.3 Å². The smallest absolute Gasteiger partial charge is 0.296 e. The van der Waals surface area contributed by atoms with Gasteiger partial charge in [0.15, 0.2) is 5.82 Å². The summed E-state index contributed by atoms with van der Waals surface area (Å²) in [5, 5.41) is 11.2. The van der Waals surface area contributed by atoms with Crippen LogP contribution in [-0.2, 0) is 26.9 Å². The maximum Gasteiger partial charge on any atom is 0.296 e. The minimum atomic E-state index is -3.95. The van der Waals surface area contributed by atoms with Gasteiger partial charge in [0.25, 0.3) is 14.2 Å². The second kappa shape index (κ2) is 5.68. The Morgan fingerprint density at radius 2 is 2.21 bits per heavy atom. The summed E-state index contributed by atoms with van der Waals surface area (Å²) in [5.41, 5.74) is 0. The third kappa shape index (κ3) is 3.31. The highest BCUT2D eigenvalue weighted by molar-refractivity contribution is 8.13. The van der Waals surface area contributed by atoms with Crippen molar-refractivity contribution in [3.8, 4) is 0 Å². The van der Waals surface area contributed by atoms with Crippen LogP contribution in [0.5, 0.6) is 0 Å². The van der Waals surface area contributed by atoms with Gasteiger partial charge < -0.3 is 4.74 Å². The average molecular weight is 306 g/mol. The number of hydrogen-bond acceptors (Lipinski definition) is 6. The van der Waals surface area contributed by atoms with Crippen molar-refractivity contribution in [2.24, 2.45) is 0 Å². The van der Waals surface area contributed by atoms with E-state index >= 15 is 0 Å². The first-order valence-corrected chi connectivity index (χ1v) is 7.66. The Balaban J connectivity index is 2.35. The first kappa shape index (κ1) is 14.0. The maximum absolute atomic E-state index is 11.4. The van der Waals surface area contributed by atoms with Gasteiger partial charge in [-0.05, 0) is 6.07 Å². The van der Waals surface area contributed by atoms with Crippen molar-refractivity contribution in [1.29, 1.82) is 0 Å². The molecule has 8 nitrogen and oxygen atoms in total. The Morgan fingerprint density at radius 1 is 1.42 bits per heavy atom. The van der Waals surface area contributed by atoms with E-state index < -0.39 is 9.05 Å². The molecule has 0 saturated carbocycles. The van der Waals surface area contributed by atoms with Crippen LogP contribution in [0.2, 0.25) is 0 Å². The zero-order chi connectivity index (χ0) is 13.9. The van der Waals surface area contributed by atoms with Crippen LogP contribution >= 0.6 is 10.7 Å². The third-order valence-corrected chi connectivity index (χ3v) is 3.55. The molecule has 2 aromatic heterocycles. The molecule has 0 aliphatic heterocycles. The number of rotatable bonds is 6. The Hall–Kier alpha value is -1.45. The molecule has 0 aliphatic rings. The summed E-state index contributed by atoms with van der Waals surface area (Å²) in [6.45, 7) is 0.918. The van der Waals surface area contributed by atoms with E-state index in [1.165, 1.54) is 11.7 Å². The maximum atomic E-state index is 11.4. The summed E-state index contributed by atoms with van der Waals surface area (Å²) in [6, 6.07) is 1.76. The monoisotopic (exact) mass is 305 g/mol. The highest BCUT2D eigenvalue weighted by Crippen LogP contribution is 2.14. The second-order valence-electron chi connectivity index (χ2n) is 3.68. The molecule has 0 bridgehead atoms. The highest BCUT2D eigenvalue weighted by atomic mass is 35.7. The average Bonchev–Trinajstić information content (AvgIpc) is 2.96. The largest absolute Gasteiger partial charge is 0.383 e. The van der Waals surface area contributed by atoms with Crippen LogP contribution in [0.25, 0.3) is 0 Å². The van der Waals surface area contributed by atoms with Crippen molar-refractivity contribution < 1.29 is 13.2 Å². The van der Waals surface area contributed by atoms with E-state index in [1.54, 1.807) is 23.1 Å². The molecule has 0 fully saturated rings. The number of nitrogens with zero attached hydrogens (tertiary/aromatic N) is 5. The summed E-state index contributed by atoms with van der Waals surface area (Å²) in [4.78, 5) is 0. The molecule has 0 aromatic carbocycles. The van der Waals surface area contributed by atoms with E-state index in [-0.39, 0.29) is 5.16 Å². The van der Waals surface area contributed by atoms with Crippen molar-refractivity contribution >= 4 is 19.7 Å². The van der Waals surface area contributed by atoms with E-state index in [9.17, 15) is 8.42 Å². The SMILES string of the molecule is COCCn1c(Cn2cccn2)nnc1S(=O)(=O)Cl. The molecular formula is C9H12ClN5O3S. The van der Waals surface area contributed by atoms with Gasteiger partial charge in [0.05, 0.1) is 13.2 Å². The number of methoxy groups -OCH3 is 1. The van der Waals surface area contributed by atoms with Crippen LogP contribution in [-0.4, -0.2) is 46.7 Å². The molecule has 0 atom stereocenters. The van der Waals surface area contributed by atoms with Crippen molar-refractivity contribution in [3.63, 3.8) is 0 Å². The van der Waals surface area contributed by atoms with E-state index in [0.29, 0.717) is 25.5 Å². The lowest BCUT2D eigenvalue weighted by molar-refractivity contribution is 0.183. The van der Waals surface area contributed by atoms with E-state index in [1.807, 2.05) is 0 Å². The van der Waals surface area contributed by atoms with Crippen LogP contribution in [0.1, 0.15) is 5.82 Å². The van der Waals surface area contributed by atoms with E-state index in [2.05, 4.69) is 15.3 Å². The molecule has 104 valence electrons. The fourth-order valence-corrected chi connectivity index (χ4v) is 2.50. The molecule has 0 amide bonds. The summed E-state index contributed by atoms with van der Waals surface area (Å²) < 4.78 is 30.8. The van der Waals surface area contributed by atoms with Gasteiger partial charge >= 0.3 is 0 Å². The van der Waals surface area contributed by atoms with Gasteiger partial charge in [-0.25, -0.2) is 8.42 Å². The highest BCUT2D eigenvalue weighted by Gasteiger charge is 2.22. The summed E-state index contributed by atoms with van der Waals surface area (Å²) >= 11 is 0. The lowest BCUT2D eigenvalue weighted by Crippen LogP contribution is -2.15. The van der Waals surface area contributed by atoms with Crippen LogP contribution in [0.3, 0.4) is 0 Å². The molecular weight excluding hydrogens is 294 g/mol. The molecule has 19 heavy (non-hydrogen) atoms.